The maximum Gasteiger partial charge on any atom is 0.252 e. The molecule has 0 aliphatic carbocycles. The van der Waals surface area contributed by atoms with Crippen molar-refractivity contribution in [2.75, 3.05) is 0 Å². The molecule has 0 aliphatic rings. The minimum Gasteiger partial charge on any atom is -0.276 e. The Morgan fingerprint density at radius 1 is 1.13 bits per heavy atom. The Morgan fingerprint density at radius 2 is 1.73 bits per heavy atom. The molecule has 1 nitrogen and oxygen atoms in total. The van der Waals surface area contributed by atoms with E-state index in [-0.39, 0.29) is 5.24 Å². The van der Waals surface area contributed by atoms with Crippen molar-refractivity contribution in [1.29, 1.82) is 0 Å². The lowest BCUT2D eigenvalue weighted by molar-refractivity contribution is 0.108. The molecule has 0 radical (unpaired) electrons. The van der Waals surface area contributed by atoms with Crippen molar-refractivity contribution in [3.05, 3.63) is 34.9 Å². The maximum atomic E-state index is 11.3. The minimum atomic E-state index is -0.360. The van der Waals surface area contributed by atoms with Gasteiger partial charge in [0.25, 0.3) is 5.24 Å². The van der Waals surface area contributed by atoms with E-state index < -0.39 is 0 Å². The van der Waals surface area contributed by atoms with Crippen LogP contribution < -0.4 is 0 Å². The van der Waals surface area contributed by atoms with Crippen LogP contribution in [0.1, 0.15) is 61.0 Å². The molecule has 1 rings (SSSR count). The summed E-state index contributed by atoms with van der Waals surface area (Å²) in [5.41, 5.74) is 2.96. The molecular formula is C13H17ClO. The highest BCUT2D eigenvalue weighted by atomic mass is 35.5. The van der Waals surface area contributed by atoms with Crippen LogP contribution >= 0.6 is 11.6 Å². The van der Waals surface area contributed by atoms with E-state index in [1.54, 1.807) is 6.07 Å². The molecule has 82 valence electrons. The van der Waals surface area contributed by atoms with Crippen LogP contribution in [0.2, 0.25) is 0 Å². The van der Waals surface area contributed by atoms with E-state index in [1.165, 1.54) is 5.56 Å². The lowest BCUT2D eigenvalue weighted by Gasteiger charge is -2.18. The Labute approximate surface area is 96.5 Å². The molecule has 0 saturated heterocycles. The molecular weight excluding hydrogens is 208 g/mol. The first-order valence-electron chi connectivity index (χ1n) is 5.27. The van der Waals surface area contributed by atoms with E-state index >= 15 is 0 Å². The summed E-state index contributed by atoms with van der Waals surface area (Å²) in [6, 6.07) is 5.77. The van der Waals surface area contributed by atoms with Gasteiger partial charge >= 0.3 is 0 Å². The largest absolute Gasteiger partial charge is 0.276 e. The van der Waals surface area contributed by atoms with Gasteiger partial charge in [-0.1, -0.05) is 39.8 Å². The minimum absolute atomic E-state index is 0.321. The molecule has 15 heavy (non-hydrogen) atoms. The third-order valence-electron chi connectivity index (χ3n) is 2.55. The van der Waals surface area contributed by atoms with Gasteiger partial charge in [0, 0.05) is 5.56 Å². The predicted molar refractivity (Wildman–Crippen MR) is 64.8 cm³/mol. The second-order valence-electron chi connectivity index (χ2n) is 4.39. The second kappa shape index (κ2) is 4.80. The lowest BCUT2D eigenvalue weighted by Crippen LogP contribution is -2.05. The van der Waals surface area contributed by atoms with Gasteiger partial charge in [-0.25, -0.2) is 0 Å². The van der Waals surface area contributed by atoms with Crippen LogP contribution in [0.25, 0.3) is 0 Å². The summed E-state index contributed by atoms with van der Waals surface area (Å²) < 4.78 is 0. The molecule has 0 saturated carbocycles. The zero-order valence-corrected chi connectivity index (χ0v) is 10.4. The van der Waals surface area contributed by atoms with E-state index in [2.05, 4.69) is 33.8 Å². The third kappa shape index (κ3) is 2.60. The number of hydrogen-bond acceptors (Lipinski definition) is 1. The summed E-state index contributed by atoms with van der Waals surface area (Å²) in [6.07, 6.45) is 0. The van der Waals surface area contributed by atoms with Crippen LogP contribution in [0.3, 0.4) is 0 Å². The van der Waals surface area contributed by atoms with Gasteiger partial charge in [-0.2, -0.15) is 0 Å². The van der Waals surface area contributed by atoms with Gasteiger partial charge < -0.3 is 0 Å². The van der Waals surface area contributed by atoms with Gasteiger partial charge in [0.15, 0.2) is 0 Å². The Bertz CT molecular complexity index is 367. The van der Waals surface area contributed by atoms with Gasteiger partial charge in [-0.3, -0.25) is 4.79 Å². The van der Waals surface area contributed by atoms with Crippen molar-refractivity contribution in [2.24, 2.45) is 0 Å². The highest BCUT2D eigenvalue weighted by molar-refractivity contribution is 6.68. The molecule has 0 fully saturated rings. The van der Waals surface area contributed by atoms with Crippen LogP contribution in [0, 0.1) is 0 Å². The number of carbonyl (C=O) groups is 1. The van der Waals surface area contributed by atoms with E-state index in [0.717, 1.165) is 5.56 Å². The Kier molecular flexibility index (Phi) is 3.92. The highest BCUT2D eigenvalue weighted by Gasteiger charge is 2.17. The Morgan fingerprint density at radius 3 is 2.13 bits per heavy atom. The first kappa shape index (κ1) is 12.3. The van der Waals surface area contributed by atoms with Crippen molar-refractivity contribution >= 4 is 16.8 Å². The molecule has 0 bridgehead atoms. The quantitative estimate of drug-likeness (QED) is 0.700. The summed E-state index contributed by atoms with van der Waals surface area (Å²) in [4.78, 5) is 11.3. The van der Waals surface area contributed by atoms with Gasteiger partial charge in [-0.05, 0) is 40.6 Å². The fourth-order valence-electron chi connectivity index (χ4n) is 1.90. The van der Waals surface area contributed by atoms with Crippen molar-refractivity contribution in [2.45, 2.75) is 39.5 Å². The molecule has 0 atom stereocenters. The van der Waals surface area contributed by atoms with Crippen LogP contribution in [0.15, 0.2) is 18.2 Å². The summed E-state index contributed by atoms with van der Waals surface area (Å²) in [5.74, 6) is 0.736. The average Bonchev–Trinajstić information content (AvgIpc) is 2.16. The smallest absolute Gasteiger partial charge is 0.252 e. The van der Waals surface area contributed by atoms with Crippen molar-refractivity contribution < 1.29 is 4.79 Å². The molecule has 0 heterocycles. The van der Waals surface area contributed by atoms with Crippen LogP contribution in [-0.2, 0) is 0 Å². The SMILES string of the molecule is CC(C)c1cccc(C(=O)Cl)c1C(C)C. The van der Waals surface area contributed by atoms with Gasteiger partial charge in [-0.15, -0.1) is 0 Å². The predicted octanol–water partition coefficient (Wildman–Crippen LogP) is 4.31. The fourth-order valence-corrected chi connectivity index (χ4v) is 2.07. The van der Waals surface area contributed by atoms with Crippen molar-refractivity contribution in [1.82, 2.24) is 0 Å². The van der Waals surface area contributed by atoms with Crippen LogP contribution in [-0.4, -0.2) is 5.24 Å². The first-order chi connectivity index (χ1) is 6.95. The number of rotatable bonds is 3. The zero-order chi connectivity index (χ0) is 11.6. The summed E-state index contributed by atoms with van der Waals surface area (Å²) in [7, 11) is 0. The van der Waals surface area contributed by atoms with Crippen molar-refractivity contribution in [3.63, 3.8) is 0 Å². The van der Waals surface area contributed by atoms with Gasteiger partial charge in [0.1, 0.15) is 0 Å². The molecule has 0 N–H and O–H groups in total. The molecule has 1 aromatic rings. The number of hydrogen-bond donors (Lipinski definition) is 0. The monoisotopic (exact) mass is 224 g/mol. The van der Waals surface area contributed by atoms with E-state index in [1.807, 2.05) is 6.07 Å². The highest BCUT2D eigenvalue weighted by Crippen LogP contribution is 2.29. The number of carbonyl (C=O) groups excluding carboxylic acids is 1. The van der Waals surface area contributed by atoms with Crippen LogP contribution in [0.5, 0.6) is 0 Å². The van der Waals surface area contributed by atoms with E-state index in [9.17, 15) is 4.79 Å². The van der Waals surface area contributed by atoms with Crippen LogP contribution in [0.4, 0.5) is 0 Å². The number of halogens is 1. The molecule has 1 aromatic carbocycles. The molecule has 0 aromatic heterocycles. The fraction of sp³-hybridized carbons (Fsp3) is 0.462. The Hall–Kier alpha value is -0.820. The molecule has 0 amide bonds. The first-order valence-corrected chi connectivity index (χ1v) is 5.65. The molecule has 2 heteroatoms. The maximum absolute atomic E-state index is 11.3. The second-order valence-corrected chi connectivity index (χ2v) is 4.73. The van der Waals surface area contributed by atoms with Gasteiger partial charge in [0.2, 0.25) is 0 Å². The standard InChI is InChI=1S/C13H17ClO/c1-8(2)10-6-5-7-11(13(14)15)12(10)9(3)4/h5-9H,1-4H3. The molecule has 0 aliphatic heterocycles. The molecule has 0 spiro atoms. The van der Waals surface area contributed by atoms with Crippen molar-refractivity contribution in [3.8, 4) is 0 Å². The topological polar surface area (TPSA) is 17.1 Å². The third-order valence-corrected chi connectivity index (χ3v) is 2.75. The van der Waals surface area contributed by atoms with E-state index in [4.69, 9.17) is 11.6 Å². The lowest BCUT2D eigenvalue weighted by atomic mass is 9.87. The summed E-state index contributed by atoms with van der Waals surface area (Å²) in [5, 5.41) is -0.360. The summed E-state index contributed by atoms with van der Waals surface area (Å²) in [6.45, 7) is 8.43. The Balaban J connectivity index is 3.42. The van der Waals surface area contributed by atoms with E-state index in [0.29, 0.717) is 17.4 Å². The zero-order valence-electron chi connectivity index (χ0n) is 9.67. The van der Waals surface area contributed by atoms with Gasteiger partial charge in [0.05, 0.1) is 0 Å². The number of benzene rings is 1. The average molecular weight is 225 g/mol. The molecule has 0 unspecified atom stereocenters. The normalized spacial score (nSPS) is 11.1. The summed E-state index contributed by atoms with van der Waals surface area (Å²) >= 11 is 5.59.